The quantitative estimate of drug-likeness (QED) is 0.0289. The van der Waals surface area contributed by atoms with Gasteiger partial charge in [-0.15, -0.1) is 10.2 Å². The van der Waals surface area contributed by atoms with Gasteiger partial charge in [-0.25, -0.2) is 54.2 Å². The van der Waals surface area contributed by atoms with Crippen LogP contribution in [0.5, 0.6) is 23.0 Å². The van der Waals surface area contributed by atoms with Gasteiger partial charge >= 0.3 is 6.18 Å². The number of nitrogens with one attached hydrogen (secondary N) is 5. The third-order valence-corrected chi connectivity index (χ3v) is 27.4. The van der Waals surface area contributed by atoms with Gasteiger partial charge in [-0.1, -0.05) is 6.92 Å². The van der Waals surface area contributed by atoms with Crippen LogP contribution in [0.3, 0.4) is 0 Å². The molecule has 22 rings (SSSR count). The summed E-state index contributed by atoms with van der Waals surface area (Å²) in [5.41, 5.74) is 13.6. The normalized spacial score (nSPS) is 21.9. The molecule has 9 aromatic heterocycles. The molecule has 9 aliphatic rings. The van der Waals surface area contributed by atoms with E-state index in [2.05, 4.69) is 182 Å². The van der Waals surface area contributed by atoms with Crippen LogP contribution in [-0.4, -0.2) is 279 Å². The first-order valence-electron chi connectivity index (χ1n) is 49.9. The van der Waals surface area contributed by atoms with Crippen molar-refractivity contribution >= 4 is 96.2 Å². The van der Waals surface area contributed by atoms with Crippen molar-refractivity contribution in [1.29, 1.82) is 0 Å². The third-order valence-electron chi connectivity index (χ3n) is 27.4. The average molecular weight is 1960 g/mol. The van der Waals surface area contributed by atoms with Crippen molar-refractivity contribution in [3.05, 3.63) is 163 Å². The van der Waals surface area contributed by atoms with E-state index in [1.165, 1.54) is 16.6 Å². The minimum absolute atomic E-state index is 0.00146. The Balaban J connectivity index is 0.000000121. The van der Waals surface area contributed by atoms with Gasteiger partial charge in [0.05, 0.1) is 125 Å². The van der Waals surface area contributed by atoms with Gasteiger partial charge in [0.15, 0.2) is 17.7 Å². The SMILES string of the molecule is CCc1c(C)nc(C)nc1NC1CCC(Oc2cc(N3CCOCC3)cc3nccnc23)CC1.Cn1nnc(-c2ccc(NC3CCC(Oc4cc(N5CCOCC5)cc5nccnc45)CC3)nc2)n1.Fc1cnc(NC2CCC(Oc3cc(N4CCOCC4)cc4nccnc34)CC2)nc1NC1CCOC1.O[C@@H](c1cnc(NC2CCC(Oc3cc(N4CCOCC4)cc4nccnc34)CC2)nc1)C(F)(F)F. The van der Waals surface area contributed by atoms with Crippen molar-refractivity contribution in [3.8, 4) is 34.4 Å². The molecule has 5 saturated heterocycles. The summed E-state index contributed by atoms with van der Waals surface area (Å²) >= 11 is 0. The van der Waals surface area contributed by atoms with Gasteiger partial charge in [-0.3, -0.25) is 19.9 Å². The highest BCUT2D eigenvalue weighted by Crippen LogP contribution is 2.41. The van der Waals surface area contributed by atoms with Crippen LogP contribution in [-0.2, 0) is 37.2 Å². The molecule has 1 unspecified atom stereocenters. The Hall–Kier alpha value is -13.4. The average Bonchev–Trinajstić information content (AvgIpc) is 1.17. The number of aryl methyl sites for hydroxylation is 3. The molecule has 0 bridgehead atoms. The smallest absolute Gasteiger partial charge is 0.418 e. The number of fused-ring (bicyclic) bond motifs is 4. The minimum Gasteiger partial charge on any atom is -0.488 e. The van der Waals surface area contributed by atoms with E-state index < -0.39 is 18.1 Å². The first-order chi connectivity index (χ1) is 69.9. The lowest BCUT2D eigenvalue weighted by molar-refractivity contribution is -0.206. The Kier molecular flexibility index (Phi) is 32.2. The molecule has 14 heterocycles. The molecule has 143 heavy (non-hydrogen) atoms. The lowest BCUT2D eigenvalue weighted by Gasteiger charge is -2.32. The van der Waals surface area contributed by atoms with E-state index in [1.54, 1.807) is 62.8 Å². The van der Waals surface area contributed by atoms with E-state index in [-0.39, 0.29) is 59.9 Å². The number of alkyl halides is 3. The van der Waals surface area contributed by atoms with E-state index in [1.807, 2.05) is 31.2 Å². The van der Waals surface area contributed by atoms with Crippen molar-refractivity contribution in [1.82, 2.24) is 95.0 Å². The standard InChI is InChI=1S/C26H32FN7O3.C26H34N6O2.C25H29N9O2.C24H27F3N6O3/c27-21-15-30-26(33-25(21)31-18-5-10-36-16-18)32-17-1-3-20(4-2-17)37-23-14-19(34-8-11-35-12-9-34)13-22-24(23)29-7-6-28-22;1-4-22-17(2)29-18(3)30-26(22)31-19-5-7-21(8-6-19)34-24-16-20(32-11-13-33-14-12-32)15-23-25(24)28-10-9-27-23;1-33-31-25(30-32-33)17-2-7-23(28-16-17)29-18-3-5-20(6-4-18)36-22-15-19(34-10-12-35-13-11-34)14-21-24(22)27-9-8-26-21;25-24(26,27)22(34)15-13-30-23(31-14-15)32-16-1-3-18(4-2-16)36-20-12-17(33-7-9-35-10-8-33)11-19-21(20)29-6-5-28-19/h6-7,13-15,17-18,20H,1-5,8-12,16H2,(H2,30,31,32,33);9-10,15-16,19,21H,4-8,11-14H2,1-3H3,(H,29,30,31);2,7-9,14-16,18,20H,3-6,10-13H2,1H3,(H,28,29);5-6,11-14,16,18,22,34H,1-4,7-10H2,(H,30,31,32)/t;;;16?,18?,22-/m...0/s1. The number of ether oxygens (including phenoxy) is 9. The van der Waals surface area contributed by atoms with Crippen LogP contribution >= 0.6 is 0 Å². The summed E-state index contributed by atoms with van der Waals surface area (Å²) in [6.07, 6.45) is 28.2. The maximum atomic E-state index is 14.2. The molecule has 42 heteroatoms. The van der Waals surface area contributed by atoms with Crippen molar-refractivity contribution in [3.63, 3.8) is 0 Å². The molecular weight excluding hydrogens is 1840 g/mol. The van der Waals surface area contributed by atoms with E-state index in [0.29, 0.717) is 56.0 Å². The van der Waals surface area contributed by atoms with Gasteiger partial charge in [-0.2, -0.15) is 23.0 Å². The second kappa shape index (κ2) is 46.8. The number of nitrogens with zero attached hydrogens (tertiary/aromatic N) is 23. The summed E-state index contributed by atoms with van der Waals surface area (Å²) in [6.45, 7) is 20.0. The van der Waals surface area contributed by atoms with Gasteiger partial charge in [0.2, 0.25) is 17.7 Å². The highest BCUT2D eigenvalue weighted by molar-refractivity contribution is 5.88. The van der Waals surface area contributed by atoms with Crippen molar-refractivity contribution < 1.29 is 65.3 Å². The molecule has 38 nitrogen and oxygen atoms in total. The lowest BCUT2D eigenvalue weighted by Crippen LogP contribution is -2.36. The number of aliphatic hydroxyl groups excluding tert-OH is 1. The molecule has 0 amide bonds. The Bertz CT molecular complexity index is 6350. The van der Waals surface area contributed by atoms with E-state index in [0.717, 1.165) is 333 Å². The van der Waals surface area contributed by atoms with Crippen LogP contribution < -0.4 is 65.1 Å². The van der Waals surface area contributed by atoms with Gasteiger partial charge in [0, 0.05) is 221 Å². The summed E-state index contributed by atoms with van der Waals surface area (Å²) < 4.78 is 106. The molecule has 2 atom stereocenters. The molecule has 5 aliphatic heterocycles. The number of halogens is 4. The fourth-order valence-electron chi connectivity index (χ4n) is 19.7. The topological polar surface area (TPSA) is 413 Å². The maximum absolute atomic E-state index is 14.2. The summed E-state index contributed by atoms with van der Waals surface area (Å²) in [5.74, 6) is 6.81. The molecule has 4 aliphatic carbocycles. The number of aromatic nitrogens is 19. The predicted octanol–water partition coefficient (Wildman–Crippen LogP) is 14.1. The minimum atomic E-state index is -4.75. The third kappa shape index (κ3) is 25.6. The molecular formula is C101H122F4N28O10. The largest absolute Gasteiger partial charge is 0.488 e. The van der Waals surface area contributed by atoms with Gasteiger partial charge in [0.25, 0.3) is 0 Å². The second-order valence-electron chi connectivity index (χ2n) is 37.3. The summed E-state index contributed by atoms with van der Waals surface area (Å²) in [4.78, 5) is 77.1. The van der Waals surface area contributed by atoms with Gasteiger partial charge in [-0.05, 0) is 171 Å². The van der Waals surface area contributed by atoms with Crippen LogP contribution in [0, 0.1) is 19.7 Å². The first kappa shape index (κ1) is 98.4. The molecule has 6 N–H and O–H groups in total. The molecule has 4 aromatic carbocycles. The van der Waals surface area contributed by atoms with Crippen LogP contribution in [0.4, 0.5) is 69.7 Å². The molecule has 0 spiro atoms. The summed E-state index contributed by atoms with van der Waals surface area (Å²) in [6, 6.07) is 21.7. The fourth-order valence-corrected chi connectivity index (χ4v) is 19.7. The number of tetrazole rings is 1. The van der Waals surface area contributed by atoms with Crippen molar-refractivity contribution in [2.24, 2.45) is 7.05 Å². The Morgan fingerprint density at radius 3 is 1.16 bits per heavy atom. The zero-order chi connectivity index (χ0) is 98.0. The summed E-state index contributed by atoms with van der Waals surface area (Å²) in [5, 5.41) is 38.4. The van der Waals surface area contributed by atoms with E-state index in [9.17, 15) is 22.7 Å². The number of anilines is 9. The highest BCUT2D eigenvalue weighted by atomic mass is 19.4. The van der Waals surface area contributed by atoms with Crippen molar-refractivity contribution in [2.75, 3.05) is 165 Å². The number of aliphatic hydroxyl groups is 1. The maximum Gasteiger partial charge on any atom is 0.418 e. The predicted molar refractivity (Wildman–Crippen MR) is 532 cm³/mol. The second-order valence-corrected chi connectivity index (χ2v) is 37.3. The highest BCUT2D eigenvalue weighted by Gasteiger charge is 2.40. The Labute approximate surface area is 825 Å². The molecule has 754 valence electrons. The lowest BCUT2D eigenvalue weighted by atomic mass is 9.92. The number of pyridine rings is 1. The summed E-state index contributed by atoms with van der Waals surface area (Å²) in [7, 11) is 1.75. The molecule has 9 fully saturated rings. The number of morpholine rings is 4. The Morgan fingerprint density at radius 2 is 0.790 bits per heavy atom. The van der Waals surface area contributed by atoms with E-state index >= 15 is 0 Å². The zero-order valence-electron chi connectivity index (χ0n) is 80.9. The zero-order valence-corrected chi connectivity index (χ0v) is 80.9. The first-order valence-corrected chi connectivity index (χ1v) is 49.9. The van der Waals surface area contributed by atoms with Crippen LogP contribution in [0.2, 0.25) is 0 Å². The number of hydrogen-bond donors (Lipinski definition) is 6. The van der Waals surface area contributed by atoms with Crippen LogP contribution in [0.1, 0.15) is 145 Å². The van der Waals surface area contributed by atoms with Gasteiger partial charge < -0.3 is 93.9 Å². The Morgan fingerprint density at radius 1 is 0.406 bits per heavy atom. The molecule has 4 saturated carbocycles. The number of rotatable bonds is 25. The monoisotopic (exact) mass is 1960 g/mol. The van der Waals surface area contributed by atoms with Gasteiger partial charge in [0.1, 0.15) is 62.5 Å². The number of hydrogen-bond acceptors (Lipinski definition) is 37. The van der Waals surface area contributed by atoms with Crippen LogP contribution in [0.25, 0.3) is 55.5 Å². The van der Waals surface area contributed by atoms with Crippen molar-refractivity contribution in [2.45, 2.75) is 203 Å². The molecule has 13 aromatic rings. The van der Waals surface area contributed by atoms with E-state index in [4.69, 9.17) is 47.6 Å². The fraction of sp³-hybridized carbons (Fsp3) is 0.505. The number of benzene rings is 4. The van der Waals surface area contributed by atoms with Crippen LogP contribution in [0.15, 0.2) is 135 Å². The molecule has 0 radical (unpaired) electrons.